The van der Waals surface area contributed by atoms with Crippen LogP contribution in [0.25, 0.3) is 0 Å². The molecule has 0 heterocycles. The molecule has 0 bridgehead atoms. The minimum absolute atomic E-state index is 0.325. The minimum Gasteiger partial charge on any atom is -0.481 e. The molecule has 0 atom stereocenters. The number of nitrogens with zero attached hydrogens (tertiary/aromatic N) is 1. The second-order valence-corrected chi connectivity index (χ2v) is 5.28. The van der Waals surface area contributed by atoms with Crippen LogP contribution < -0.4 is 4.72 Å². The van der Waals surface area contributed by atoms with Crippen molar-refractivity contribution < 1.29 is 23.1 Å². The summed E-state index contributed by atoms with van der Waals surface area (Å²) in [6, 6.07) is 0. The van der Waals surface area contributed by atoms with Crippen LogP contribution in [-0.2, 0) is 19.6 Å². The van der Waals surface area contributed by atoms with Crippen molar-refractivity contribution in [1.82, 2.24) is 9.62 Å². The topological polar surface area (TPSA) is 104 Å². The SMILES string of the molecule is CCN(CC)C(=O)CNS(=O)(=O)CCC(=O)O. The van der Waals surface area contributed by atoms with Crippen LogP contribution in [-0.4, -0.2) is 55.7 Å². The van der Waals surface area contributed by atoms with Crippen molar-refractivity contribution in [2.75, 3.05) is 25.4 Å². The average molecular weight is 266 g/mol. The highest BCUT2D eigenvalue weighted by Gasteiger charge is 2.16. The first-order chi connectivity index (χ1) is 7.82. The Kier molecular flexibility index (Phi) is 6.74. The van der Waals surface area contributed by atoms with Crippen LogP contribution in [0.1, 0.15) is 20.3 Å². The summed E-state index contributed by atoms with van der Waals surface area (Å²) in [5.74, 6) is -2.03. The van der Waals surface area contributed by atoms with Gasteiger partial charge in [0.15, 0.2) is 0 Å². The summed E-state index contributed by atoms with van der Waals surface area (Å²) in [6.45, 7) is 4.27. The Bertz CT molecular complexity index is 362. The molecule has 100 valence electrons. The summed E-state index contributed by atoms with van der Waals surface area (Å²) in [4.78, 5) is 23.2. The molecule has 0 spiro atoms. The quantitative estimate of drug-likeness (QED) is 0.601. The van der Waals surface area contributed by atoms with Crippen molar-refractivity contribution in [1.29, 1.82) is 0 Å². The van der Waals surface area contributed by atoms with Crippen LogP contribution in [0.5, 0.6) is 0 Å². The van der Waals surface area contributed by atoms with E-state index in [1.165, 1.54) is 4.90 Å². The summed E-state index contributed by atoms with van der Waals surface area (Å²) in [5.41, 5.74) is 0. The maximum absolute atomic E-state index is 11.5. The summed E-state index contributed by atoms with van der Waals surface area (Å²) in [6.07, 6.45) is -0.477. The molecule has 2 N–H and O–H groups in total. The van der Waals surface area contributed by atoms with Gasteiger partial charge in [-0.1, -0.05) is 0 Å². The van der Waals surface area contributed by atoms with Gasteiger partial charge in [-0.3, -0.25) is 9.59 Å². The number of hydrogen-bond acceptors (Lipinski definition) is 4. The number of rotatable bonds is 8. The summed E-state index contributed by atoms with van der Waals surface area (Å²) >= 11 is 0. The predicted octanol–water partition coefficient (Wildman–Crippen LogP) is -0.751. The molecular formula is C9H18N2O5S. The fourth-order valence-corrected chi connectivity index (χ4v) is 2.08. The number of carbonyl (C=O) groups excluding carboxylic acids is 1. The van der Waals surface area contributed by atoms with Crippen LogP contribution in [0, 0.1) is 0 Å². The number of hydrogen-bond donors (Lipinski definition) is 2. The van der Waals surface area contributed by atoms with E-state index in [2.05, 4.69) is 4.72 Å². The van der Waals surface area contributed by atoms with E-state index in [1.54, 1.807) is 13.8 Å². The van der Waals surface area contributed by atoms with E-state index in [0.29, 0.717) is 13.1 Å². The van der Waals surface area contributed by atoms with Crippen molar-refractivity contribution >= 4 is 21.9 Å². The van der Waals surface area contributed by atoms with Gasteiger partial charge in [-0.25, -0.2) is 13.1 Å². The molecule has 0 radical (unpaired) electrons. The van der Waals surface area contributed by atoms with E-state index < -0.39 is 28.2 Å². The molecule has 0 aromatic carbocycles. The Morgan fingerprint density at radius 3 is 2.18 bits per heavy atom. The Balaban J connectivity index is 4.18. The lowest BCUT2D eigenvalue weighted by atomic mass is 10.4. The fourth-order valence-electron chi connectivity index (χ4n) is 1.15. The highest BCUT2D eigenvalue weighted by Crippen LogP contribution is 1.92. The zero-order valence-corrected chi connectivity index (χ0v) is 10.8. The number of amides is 1. The fraction of sp³-hybridized carbons (Fsp3) is 0.778. The van der Waals surface area contributed by atoms with E-state index in [0.717, 1.165) is 0 Å². The molecule has 0 aliphatic carbocycles. The summed E-state index contributed by atoms with van der Waals surface area (Å²) < 4.78 is 24.7. The maximum Gasteiger partial charge on any atom is 0.304 e. The van der Waals surface area contributed by atoms with Crippen molar-refractivity contribution in [2.24, 2.45) is 0 Å². The number of carboxylic acid groups (broad SMARTS) is 1. The van der Waals surface area contributed by atoms with Crippen LogP contribution in [0.4, 0.5) is 0 Å². The van der Waals surface area contributed by atoms with Crippen LogP contribution in [0.3, 0.4) is 0 Å². The smallest absolute Gasteiger partial charge is 0.304 e. The number of nitrogens with one attached hydrogen (secondary N) is 1. The molecule has 0 saturated carbocycles. The Morgan fingerprint density at radius 2 is 1.76 bits per heavy atom. The zero-order valence-electron chi connectivity index (χ0n) is 9.97. The van der Waals surface area contributed by atoms with Gasteiger partial charge in [-0.2, -0.15) is 0 Å². The molecule has 0 aromatic rings. The first kappa shape index (κ1) is 15.9. The number of carbonyl (C=O) groups is 2. The second kappa shape index (κ2) is 7.23. The maximum atomic E-state index is 11.5. The summed E-state index contributed by atoms with van der Waals surface area (Å²) in [5, 5.41) is 8.35. The largest absolute Gasteiger partial charge is 0.481 e. The van der Waals surface area contributed by atoms with Crippen LogP contribution in [0.2, 0.25) is 0 Å². The molecular weight excluding hydrogens is 248 g/mol. The van der Waals surface area contributed by atoms with E-state index >= 15 is 0 Å². The van der Waals surface area contributed by atoms with Crippen LogP contribution >= 0.6 is 0 Å². The van der Waals surface area contributed by atoms with E-state index in [4.69, 9.17) is 5.11 Å². The molecule has 0 saturated heterocycles. The number of likely N-dealkylation sites (N-methyl/N-ethyl adjacent to an activating group) is 1. The number of sulfonamides is 1. The molecule has 0 rings (SSSR count). The van der Waals surface area contributed by atoms with E-state index in [-0.39, 0.29) is 12.5 Å². The molecule has 17 heavy (non-hydrogen) atoms. The third kappa shape index (κ3) is 6.90. The van der Waals surface area contributed by atoms with Gasteiger partial charge in [0.05, 0.1) is 18.7 Å². The van der Waals surface area contributed by atoms with Crippen molar-refractivity contribution in [3.63, 3.8) is 0 Å². The Hall–Kier alpha value is -1.15. The summed E-state index contributed by atoms with van der Waals surface area (Å²) in [7, 11) is -3.70. The van der Waals surface area contributed by atoms with Gasteiger partial charge in [0.25, 0.3) is 0 Å². The zero-order chi connectivity index (χ0) is 13.5. The molecule has 0 aliphatic heterocycles. The van der Waals surface area contributed by atoms with Crippen molar-refractivity contribution in [3.05, 3.63) is 0 Å². The average Bonchev–Trinajstić information content (AvgIpc) is 2.26. The number of carboxylic acids is 1. The standard InChI is InChI=1S/C9H18N2O5S/c1-3-11(4-2)8(12)7-10-17(15,16)6-5-9(13)14/h10H,3-7H2,1-2H3,(H,13,14). The van der Waals surface area contributed by atoms with Gasteiger partial charge in [-0.05, 0) is 13.8 Å². The van der Waals surface area contributed by atoms with Gasteiger partial charge in [0, 0.05) is 13.1 Å². The molecule has 1 amide bonds. The molecule has 0 aromatic heterocycles. The second-order valence-electron chi connectivity index (χ2n) is 3.35. The highest BCUT2D eigenvalue weighted by molar-refractivity contribution is 7.89. The molecule has 0 aliphatic rings. The van der Waals surface area contributed by atoms with Gasteiger partial charge >= 0.3 is 5.97 Å². The highest BCUT2D eigenvalue weighted by atomic mass is 32.2. The number of aliphatic carboxylic acids is 1. The Labute approximate surface area is 101 Å². The van der Waals surface area contributed by atoms with Crippen molar-refractivity contribution in [2.45, 2.75) is 20.3 Å². The Morgan fingerprint density at radius 1 is 1.24 bits per heavy atom. The van der Waals surface area contributed by atoms with Gasteiger partial charge in [0.1, 0.15) is 0 Å². The molecule has 7 nitrogen and oxygen atoms in total. The van der Waals surface area contributed by atoms with Gasteiger partial charge in [-0.15, -0.1) is 0 Å². The van der Waals surface area contributed by atoms with Gasteiger partial charge in [0.2, 0.25) is 15.9 Å². The lowest BCUT2D eigenvalue weighted by Gasteiger charge is -2.18. The first-order valence-electron chi connectivity index (χ1n) is 5.29. The normalized spacial score (nSPS) is 11.2. The van der Waals surface area contributed by atoms with Crippen LogP contribution in [0.15, 0.2) is 0 Å². The van der Waals surface area contributed by atoms with E-state index in [1.807, 2.05) is 0 Å². The predicted molar refractivity (Wildman–Crippen MR) is 62.0 cm³/mol. The lowest BCUT2D eigenvalue weighted by molar-refractivity contribution is -0.136. The monoisotopic (exact) mass is 266 g/mol. The molecule has 0 unspecified atom stereocenters. The first-order valence-corrected chi connectivity index (χ1v) is 6.94. The minimum atomic E-state index is -3.70. The van der Waals surface area contributed by atoms with Gasteiger partial charge < -0.3 is 10.0 Å². The molecule has 0 fully saturated rings. The third-order valence-corrected chi connectivity index (χ3v) is 3.47. The lowest BCUT2D eigenvalue weighted by Crippen LogP contribution is -2.40. The third-order valence-electron chi connectivity index (χ3n) is 2.14. The molecule has 8 heteroatoms. The van der Waals surface area contributed by atoms with E-state index in [9.17, 15) is 18.0 Å². The van der Waals surface area contributed by atoms with Crippen molar-refractivity contribution in [3.8, 4) is 0 Å².